The fourth-order valence-electron chi connectivity index (χ4n) is 1.05. The van der Waals surface area contributed by atoms with E-state index in [1.54, 1.807) is 6.07 Å². The summed E-state index contributed by atoms with van der Waals surface area (Å²) in [6.45, 7) is 6.41. The molecule has 0 amide bonds. The number of nitrogen functional groups attached to an aromatic ring is 1. The number of hydrogen-bond donors (Lipinski definition) is 1. The van der Waals surface area contributed by atoms with E-state index < -0.39 is 0 Å². The highest BCUT2D eigenvalue weighted by molar-refractivity contribution is 6.30. The van der Waals surface area contributed by atoms with Gasteiger partial charge in [-0.25, -0.2) is 0 Å². The van der Waals surface area contributed by atoms with Crippen molar-refractivity contribution >= 4 is 17.3 Å². The van der Waals surface area contributed by atoms with Crippen LogP contribution in [0.3, 0.4) is 0 Å². The number of anilines is 1. The van der Waals surface area contributed by atoms with E-state index in [4.69, 9.17) is 17.3 Å². The van der Waals surface area contributed by atoms with Crippen molar-refractivity contribution in [1.82, 2.24) is 0 Å². The Morgan fingerprint density at radius 2 is 1.75 bits per heavy atom. The molecule has 66 valence electrons. The van der Waals surface area contributed by atoms with E-state index in [-0.39, 0.29) is 5.41 Å². The molecule has 12 heavy (non-hydrogen) atoms. The maximum absolute atomic E-state index is 5.88. The molecule has 0 aromatic heterocycles. The van der Waals surface area contributed by atoms with E-state index >= 15 is 0 Å². The van der Waals surface area contributed by atoms with Gasteiger partial charge in [-0.05, 0) is 29.2 Å². The second-order valence-electron chi connectivity index (χ2n) is 4.02. The van der Waals surface area contributed by atoms with Crippen molar-refractivity contribution in [3.8, 4) is 0 Å². The van der Waals surface area contributed by atoms with Gasteiger partial charge in [-0.1, -0.05) is 32.4 Å². The van der Waals surface area contributed by atoms with Crippen LogP contribution in [0.2, 0.25) is 5.02 Å². The zero-order valence-electron chi connectivity index (χ0n) is 7.69. The number of halogens is 1. The normalized spacial score (nSPS) is 11.7. The van der Waals surface area contributed by atoms with E-state index in [9.17, 15) is 0 Å². The van der Waals surface area contributed by atoms with Gasteiger partial charge in [0.25, 0.3) is 0 Å². The van der Waals surface area contributed by atoms with Gasteiger partial charge in [-0.2, -0.15) is 0 Å². The summed E-state index contributed by atoms with van der Waals surface area (Å²) in [5, 5.41) is 0.708. The molecule has 1 nitrogen and oxygen atoms in total. The van der Waals surface area contributed by atoms with Gasteiger partial charge in [-0.3, -0.25) is 0 Å². The Labute approximate surface area is 78.5 Å². The van der Waals surface area contributed by atoms with Gasteiger partial charge < -0.3 is 5.73 Å². The van der Waals surface area contributed by atoms with Crippen molar-refractivity contribution in [3.63, 3.8) is 0 Å². The zero-order valence-corrected chi connectivity index (χ0v) is 8.44. The molecule has 1 rings (SSSR count). The van der Waals surface area contributed by atoms with Crippen LogP contribution < -0.4 is 5.73 Å². The molecule has 1 aromatic rings. The SMILES string of the molecule is CC(C)(C)c1cc(N)cc(Cl)c1. The maximum Gasteiger partial charge on any atom is 0.0429 e. The second-order valence-corrected chi connectivity index (χ2v) is 4.46. The van der Waals surface area contributed by atoms with Crippen molar-refractivity contribution in [2.24, 2.45) is 0 Å². The minimum atomic E-state index is 0.110. The lowest BCUT2D eigenvalue weighted by Crippen LogP contribution is -2.11. The summed E-state index contributed by atoms with van der Waals surface area (Å²) in [7, 11) is 0. The Balaban J connectivity index is 3.18. The molecule has 0 atom stereocenters. The Morgan fingerprint density at radius 3 is 2.17 bits per heavy atom. The Bertz CT molecular complexity index is 266. The van der Waals surface area contributed by atoms with Crippen LogP contribution >= 0.6 is 11.6 Å². The highest BCUT2D eigenvalue weighted by Crippen LogP contribution is 2.27. The largest absolute Gasteiger partial charge is 0.399 e. The van der Waals surface area contributed by atoms with Crippen molar-refractivity contribution in [2.75, 3.05) is 5.73 Å². The number of nitrogens with two attached hydrogens (primary N) is 1. The van der Waals surface area contributed by atoms with Gasteiger partial charge in [0.1, 0.15) is 0 Å². The minimum Gasteiger partial charge on any atom is -0.399 e. The monoisotopic (exact) mass is 183 g/mol. The average molecular weight is 184 g/mol. The summed E-state index contributed by atoms with van der Waals surface area (Å²) < 4.78 is 0. The quantitative estimate of drug-likeness (QED) is 0.615. The van der Waals surface area contributed by atoms with Crippen molar-refractivity contribution in [1.29, 1.82) is 0 Å². The molecule has 0 spiro atoms. The lowest BCUT2D eigenvalue weighted by Gasteiger charge is -2.19. The van der Waals surface area contributed by atoms with Crippen LogP contribution in [0.1, 0.15) is 26.3 Å². The van der Waals surface area contributed by atoms with Crippen LogP contribution in [-0.4, -0.2) is 0 Å². The summed E-state index contributed by atoms with van der Waals surface area (Å²) in [6.07, 6.45) is 0. The number of rotatable bonds is 0. The molecule has 0 saturated heterocycles. The third-order valence-electron chi connectivity index (χ3n) is 1.79. The van der Waals surface area contributed by atoms with Gasteiger partial charge in [0, 0.05) is 10.7 Å². The molecule has 0 bridgehead atoms. The van der Waals surface area contributed by atoms with Gasteiger partial charge in [-0.15, -0.1) is 0 Å². The standard InChI is InChI=1S/C10H14ClN/c1-10(2,3)7-4-8(11)6-9(12)5-7/h4-6H,12H2,1-3H3. The van der Waals surface area contributed by atoms with Crippen LogP contribution in [0.5, 0.6) is 0 Å². The van der Waals surface area contributed by atoms with Gasteiger partial charge in [0.05, 0.1) is 0 Å². The third kappa shape index (κ3) is 2.15. The predicted molar refractivity (Wildman–Crippen MR) is 54.6 cm³/mol. The van der Waals surface area contributed by atoms with Gasteiger partial charge in [0.15, 0.2) is 0 Å². The predicted octanol–water partition coefficient (Wildman–Crippen LogP) is 3.22. The zero-order chi connectivity index (χ0) is 9.35. The Morgan fingerprint density at radius 1 is 1.17 bits per heavy atom. The van der Waals surface area contributed by atoms with Crippen LogP contribution in [-0.2, 0) is 5.41 Å². The van der Waals surface area contributed by atoms with E-state index in [1.807, 2.05) is 12.1 Å². The molecule has 0 radical (unpaired) electrons. The molecular formula is C10H14ClN. The van der Waals surface area contributed by atoms with E-state index in [1.165, 1.54) is 5.56 Å². The van der Waals surface area contributed by atoms with Gasteiger partial charge >= 0.3 is 0 Å². The van der Waals surface area contributed by atoms with E-state index in [0.29, 0.717) is 5.02 Å². The molecule has 0 saturated carbocycles. The Hall–Kier alpha value is -0.690. The topological polar surface area (TPSA) is 26.0 Å². The molecule has 0 heterocycles. The highest BCUT2D eigenvalue weighted by Gasteiger charge is 2.14. The fraction of sp³-hybridized carbons (Fsp3) is 0.400. The number of benzene rings is 1. The first kappa shape index (κ1) is 9.40. The maximum atomic E-state index is 5.88. The lowest BCUT2D eigenvalue weighted by molar-refractivity contribution is 0.590. The molecule has 1 aromatic carbocycles. The highest BCUT2D eigenvalue weighted by atomic mass is 35.5. The average Bonchev–Trinajstić information content (AvgIpc) is 1.82. The smallest absolute Gasteiger partial charge is 0.0429 e. The van der Waals surface area contributed by atoms with E-state index in [2.05, 4.69) is 20.8 Å². The molecule has 0 aliphatic heterocycles. The van der Waals surface area contributed by atoms with Crippen LogP contribution in [0.4, 0.5) is 5.69 Å². The lowest BCUT2D eigenvalue weighted by atomic mass is 9.87. The summed E-state index contributed by atoms with van der Waals surface area (Å²) >= 11 is 5.88. The molecule has 2 heteroatoms. The summed E-state index contributed by atoms with van der Waals surface area (Å²) in [4.78, 5) is 0. The van der Waals surface area contributed by atoms with Crippen molar-refractivity contribution in [2.45, 2.75) is 26.2 Å². The minimum absolute atomic E-state index is 0.110. The first-order chi connectivity index (χ1) is 5.39. The summed E-state index contributed by atoms with van der Waals surface area (Å²) in [6, 6.07) is 5.68. The first-order valence-corrected chi connectivity index (χ1v) is 4.34. The molecule has 0 fully saturated rings. The van der Waals surface area contributed by atoms with E-state index in [0.717, 1.165) is 5.69 Å². The van der Waals surface area contributed by atoms with Crippen LogP contribution in [0.15, 0.2) is 18.2 Å². The van der Waals surface area contributed by atoms with Crippen molar-refractivity contribution in [3.05, 3.63) is 28.8 Å². The van der Waals surface area contributed by atoms with Gasteiger partial charge in [0.2, 0.25) is 0 Å². The van der Waals surface area contributed by atoms with Crippen LogP contribution in [0, 0.1) is 0 Å². The Kier molecular flexibility index (Phi) is 2.34. The fourth-order valence-corrected chi connectivity index (χ4v) is 1.29. The summed E-state index contributed by atoms with van der Waals surface area (Å²) in [5.41, 5.74) is 7.68. The molecule has 0 unspecified atom stereocenters. The number of hydrogen-bond acceptors (Lipinski definition) is 1. The second kappa shape index (κ2) is 2.98. The van der Waals surface area contributed by atoms with Crippen LogP contribution in [0.25, 0.3) is 0 Å². The molecule has 2 N–H and O–H groups in total. The molecule has 0 aliphatic rings. The molecule has 0 aliphatic carbocycles. The molecular weight excluding hydrogens is 170 g/mol. The third-order valence-corrected chi connectivity index (χ3v) is 2.00. The first-order valence-electron chi connectivity index (χ1n) is 3.96. The van der Waals surface area contributed by atoms with Crippen molar-refractivity contribution < 1.29 is 0 Å². The summed E-state index contributed by atoms with van der Waals surface area (Å²) in [5.74, 6) is 0.